The van der Waals surface area contributed by atoms with Gasteiger partial charge in [0.15, 0.2) is 0 Å². The van der Waals surface area contributed by atoms with Crippen molar-refractivity contribution in [2.75, 3.05) is 0 Å². The van der Waals surface area contributed by atoms with E-state index in [2.05, 4.69) is 16.9 Å². The maximum absolute atomic E-state index is 4.43. The van der Waals surface area contributed by atoms with E-state index >= 15 is 0 Å². The Morgan fingerprint density at radius 2 is 1.82 bits per heavy atom. The largest absolute Gasteiger partial charge is 0.286 e. The summed E-state index contributed by atoms with van der Waals surface area (Å²) in [6.45, 7) is 2.31. The maximum atomic E-state index is 4.43. The molecule has 0 aromatic rings. The van der Waals surface area contributed by atoms with Crippen LogP contribution in [0.3, 0.4) is 0 Å². The summed E-state index contributed by atoms with van der Waals surface area (Å²) < 4.78 is 0. The molecule has 3 atom stereocenters. The third kappa shape index (κ3) is 1.35. The van der Waals surface area contributed by atoms with Crippen LogP contribution in [0.15, 0.2) is 9.98 Å². The maximum Gasteiger partial charge on any atom is 0.0726 e. The average Bonchev–Trinajstić information content (AvgIpc) is 2.04. The Morgan fingerprint density at radius 3 is 2.64 bits per heavy atom. The molecule has 2 nitrogen and oxygen atoms in total. The Hall–Kier alpha value is -0.660. The summed E-state index contributed by atoms with van der Waals surface area (Å²) >= 11 is 0. The Labute approximate surface area is 67.4 Å². The van der Waals surface area contributed by atoms with E-state index in [9.17, 15) is 0 Å². The molecule has 2 heteroatoms. The minimum atomic E-state index is 0.503. The molecule has 0 radical (unpaired) electrons. The van der Waals surface area contributed by atoms with Gasteiger partial charge in [-0.05, 0) is 25.2 Å². The average molecular weight is 150 g/mol. The Balaban J connectivity index is 2.07. The second-order valence-electron chi connectivity index (χ2n) is 3.65. The summed E-state index contributed by atoms with van der Waals surface area (Å²) in [5.41, 5.74) is 0. The van der Waals surface area contributed by atoms with E-state index in [0.717, 1.165) is 5.92 Å². The highest BCUT2D eigenvalue weighted by atomic mass is 14.9. The van der Waals surface area contributed by atoms with Crippen LogP contribution in [0.5, 0.6) is 0 Å². The van der Waals surface area contributed by atoms with Gasteiger partial charge in [-0.15, -0.1) is 0 Å². The van der Waals surface area contributed by atoms with Gasteiger partial charge in [0.1, 0.15) is 0 Å². The van der Waals surface area contributed by atoms with Crippen molar-refractivity contribution in [2.45, 2.75) is 38.3 Å². The molecule has 0 aromatic carbocycles. The molecule has 0 N–H and O–H groups in total. The van der Waals surface area contributed by atoms with Crippen LogP contribution in [-0.2, 0) is 0 Å². The highest BCUT2D eigenvalue weighted by Gasteiger charge is 2.27. The van der Waals surface area contributed by atoms with Crippen molar-refractivity contribution in [3.63, 3.8) is 0 Å². The summed E-state index contributed by atoms with van der Waals surface area (Å²) in [5.74, 6) is 0.849. The predicted octanol–water partition coefficient (Wildman–Crippen LogP) is 1.70. The minimum absolute atomic E-state index is 0.503. The van der Waals surface area contributed by atoms with Crippen LogP contribution in [0.25, 0.3) is 0 Å². The van der Waals surface area contributed by atoms with Gasteiger partial charge in [-0.2, -0.15) is 0 Å². The zero-order chi connectivity index (χ0) is 7.68. The predicted molar refractivity (Wildman–Crippen MR) is 47.6 cm³/mol. The van der Waals surface area contributed by atoms with Gasteiger partial charge in [0.2, 0.25) is 0 Å². The van der Waals surface area contributed by atoms with Gasteiger partial charge >= 0.3 is 0 Å². The summed E-state index contributed by atoms with van der Waals surface area (Å²) in [6, 6.07) is 1.01. The standard InChI is InChI=1S/C9H14N2/c1-7-2-3-8-9(6-7)11-5-4-10-8/h4-5,7-9H,2-3,6H2,1H3. The van der Waals surface area contributed by atoms with Crippen molar-refractivity contribution in [2.24, 2.45) is 15.9 Å². The normalized spacial score (nSPS) is 42.1. The van der Waals surface area contributed by atoms with Gasteiger partial charge < -0.3 is 0 Å². The SMILES string of the molecule is CC1CCC2N=CC=NC2C1. The molecule has 3 unspecified atom stereocenters. The molecule has 1 heterocycles. The molecule has 11 heavy (non-hydrogen) atoms. The van der Waals surface area contributed by atoms with Crippen LogP contribution in [0.4, 0.5) is 0 Å². The molecule has 0 saturated heterocycles. The first kappa shape index (κ1) is 7.01. The van der Waals surface area contributed by atoms with Crippen molar-refractivity contribution >= 4 is 12.4 Å². The van der Waals surface area contributed by atoms with E-state index in [1.54, 1.807) is 0 Å². The summed E-state index contributed by atoms with van der Waals surface area (Å²) in [5, 5.41) is 0. The van der Waals surface area contributed by atoms with Crippen molar-refractivity contribution in [1.29, 1.82) is 0 Å². The molecule has 0 bridgehead atoms. The molecule has 1 saturated carbocycles. The van der Waals surface area contributed by atoms with Gasteiger partial charge in [0, 0.05) is 12.4 Å². The second kappa shape index (κ2) is 2.76. The zero-order valence-corrected chi connectivity index (χ0v) is 6.90. The van der Waals surface area contributed by atoms with E-state index in [-0.39, 0.29) is 0 Å². The van der Waals surface area contributed by atoms with Crippen molar-refractivity contribution in [3.8, 4) is 0 Å². The number of rotatable bonds is 0. The molecule has 2 aliphatic rings. The Bertz CT molecular complexity index is 196. The quantitative estimate of drug-likeness (QED) is 0.502. The van der Waals surface area contributed by atoms with Crippen molar-refractivity contribution < 1.29 is 0 Å². The van der Waals surface area contributed by atoms with E-state index in [1.165, 1.54) is 19.3 Å². The first-order valence-corrected chi connectivity index (χ1v) is 4.41. The van der Waals surface area contributed by atoms with Crippen LogP contribution in [0, 0.1) is 5.92 Å². The monoisotopic (exact) mass is 150 g/mol. The third-order valence-electron chi connectivity index (χ3n) is 2.66. The van der Waals surface area contributed by atoms with Crippen LogP contribution in [0.2, 0.25) is 0 Å². The Morgan fingerprint density at radius 1 is 1.09 bits per heavy atom. The van der Waals surface area contributed by atoms with E-state index in [1.807, 2.05) is 12.4 Å². The van der Waals surface area contributed by atoms with Gasteiger partial charge in [-0.1, -0.05) is 6.92 Å². The first-order chi connectivity index (χ1) is 5.36. The third-order valence-corrected chi connectivity index (χ3v) is 2.66. The molecule has 1 aliphatic carbocycles. The highest BCUT2D eigenvalue weighted by Crippen LogP contribution is 2.28. The lowest BCUT2D eigenvalue weighted by molar-refractivity contribution is 0.309. The number of hydrogen-bond donors (Lipinski definition) is 0. The van der Waals surface area contributed by atoms with E-state index in [0.29, 0.717) is 12.1 Å². The van der Waals surface area contributed by atoms with E-state index < -0.39 is 0 Å². The molecule has 1 fully saturated rings. The summed E-state index contributed by atoms with van der Waals surface area (Å²) in [4.78, 5) is 8.84. The second-order valence-corrected chi connectivity index (χ2v) is 3.65. The Kier molecular flexibility index (Phi) is 1.76. The summed E-state index contributed by atoms with van der Waals surface area (Å²) in [7, 11) is 0. The van der Waals surface area contributed by atoms with Crippen molar-refractivity contribution in [3.05, 3.63) is 0 Å². The number of fused-ring (bicyclic) bond motifs is 1. The van der Waals surface area contributed by atoms with Crippen LogP contribution < -0.4 is 0 Å². The van der Waals surface area contributed by atoms with Gasteiger partial charge in [0.05, 0.1) is 12.1 Å². The lowest BCUT2D eigenvalue weighted by Crippen LogP contribution is -2.32. The molecule has 60 valence electrons. The number of hydrogen-bond acceptors (Lipinski definition) is 2. The fourth-order valence-corrected chi connectivity index (χ4v) is 1.97. The number of aliphatic imine (C=N–C) groups is 2. The highest BCUT2D eigenvalue weighted by molar-refractivity contribution is 6.16. The van der Waals surface area contributed by atoms with Gasteiger partial charge in [-0.3, -0.25) is 9.98 Å². The smallest absolute Gasteiger partial charge is 0.0726 e. The lowest BCUT2D eigenvalue weighted by Gasteiger charge is -2.30. The molecular weight excluding hydrogens is 136 g/mol. The molecule has 2 rings (SSSR count). The fraction of sp³-hybridized carbons (Fsp3) is 0.778. The van der Waals surface area contributed by atoms with Crippen LogP contribution >= 0.6 is 0 Å². The van der Waals surface area contributed by atoms with Crippen LogP contribution in [-0.4, -0.2) is 24.5 Å². The zero-order valence-electron chi connectivity index (χ0n) is 6.90. The topological polar surface area (TPSA) is 24.7 Å². The molecule has 0 amide bonds. The fourth-order valence-electron chi connectivity index (χ4n) is 1.97. The van der Waals surface area contributed by atoms with E-state index in [4.69, 9.17) is 0 Å². The molecule has 0 aromatic heterocycles. The molecular formula is C9H14N2. The van der Waals surface area contributed by atoms with Gasteiger partial charge in [-0.25, -0.2) is 0 Å². The van der Waals surface area contributed by atoms with Crippen molar-refractivity contribution in [1.82, 2.24) is 0 Å². The minimum Gasteiger partial charge on any atom is -0.286 e. The molecule has 0 spiro atoms. The lowest BCUT2D eigenvalue weighted by atomic mass is 9.83. The molecule has 1 aliphatic heterocycles. The number of nitrogens with zero attached hydrogens (tertiary/aromatic N) is 2. The first-order valence-electron chi connectivity index (χ1n) is 4.41. The van der Waals surface area contributed by atoms with Crippen LogP contribution in [0.1, 0.15) is 26.2 Å². The van der Waals surface area contributed by atoms with Gasteiger partial charge in [0.25, 0.3) is 0 Å². The summed E-state index contributed by atoms with van der Waals surface area (Å²) in [6.07, 6.45) is 7.49.